The first kappa shape index (κ1) is 26.3. The molecule has 0 saturated carbocycles. The minimum Gasteiger partial charge on any atom is -0.444 e. The quantitative estimate of drug-likeness (QED) is 0.427. The van der Waals surface area contributed by atoms with E-state index in [9.17, 15) is 19.1 Å². The maximum absolute atomic E-state index is 13.5. The second-order valence-corrected chi connectivity index (χ2v) is 10.6. The van der Waals surface area contributed by atoms with E-state index in [4.69, 9.17) is 9.47 Å². The summed E-state index contributed by atoms with van der Waals surface area (Å²) in [6.07, 6.45) is -1.19. The van der Waals surface area contributed by atoms with Gasteiger partial charge in [-0.25, -0.2) is 9.18 Å². The van der Waals surface area contributed by atoms with Gasteiger partial charge in [0.1, 0.15) is 17.5 Å². The highest BCUT2D eigenvalue weighted by molar-refractivity contribution is 9.10. The second kappa shape index (κ2) is 10.5. The van der Waals surface area contributed by atoms with Crippen molar-refractivity contribution >= 4 is 27.8 Å². The predicted octanol–water partition coefficient (Wildman–Crippen LogP) is 5.52. The fourth-order valence-electron chi connectivity index (χ4n) is 3.72. The number of benzene rings is 2. The van der Waals surface area contributed by atoms with Gasteiger partial charge in [0.25, 0.3) is 0 Å². The first-order valence-corrected chi connectivity index (χ1v) is 12.0. The van der Waals surface area contributed by atoms with Gasteiger partial charge in [-0.1, -0.05) is 40.2 Å². The number of carbonyl (C=O) groups excluding carboxylic acids is 2. The third kappa shape index (κ3) is 7.10. The van der Waals surface area contributed by atoms with Crippen molar-refractivity contribution in [3.05, 3.63) is 69.9 Å². The lowest BCUT2D eigenvalue weighted by molar-refractivity contribution is -0.126. The Balaban J connectivity index is 1.88. The predicted molar refractivity (Wildman–Crippen MR) is 130 cm³/mol. The number of hydrogen-bond donors (Lipinski definition) is 1. The van der Waals surface area contributed by atoms with Crippen molar-refractivity contribution in [3.8, 4) is 0 Å². The van der Waals surface area contributed by atoms with E-state index >= 15 is 0 Å². The lowest BCUT2D eigenvalue weighted by atomic mass is 9.84. The van der Waals surface area contributed by atoms with Gasteiger partial charge in [-0.15, -0.1) is 0 Å². The summed E-state index contributed by atoms with van der Waals surface area (Å²) in [5, 5.41) is 11.6. The van der Waals surface area contributed by atoms with Crippen LogP contribution in [0.5, 0.6) is 0 Å². The van der Waals surface area contributed by atoms with E-state index in [0.717, 1.165) is 10.0 Å². The van der Waals surface area contributed by atoms with Gasteiger partial charge in [0, 0.05) is 17.4 Å². The number of nitrogens with zero attached hydrogens (tertiary/aromatic N) is 1. The minimum absolute atomic E-state index is 0.0528. The number of carbonyl (C=O) groups is 2. The topological polar surface area (TPSA) is 79.4 Å². The van der Waals surface area contributed by atoms with Gasteiger partial charge in [0.05, 0.1) is 18.2 Å². The molecule has 6 nitrogen and oxygen atoms in total. The number of epoxide rings is 1. The molecule has 1 aliphatic rings. The standard InChI is InChI=1S/C26H31BrFNO5/c1-17(18-5-9-20(27)10-6-18)29(24(31)34-25(2,3)4)14-13-26(32,15-22(30)23-16-33-23)19-7-11-21(28)12-8-19/h5-12,17,23,32H,13-16H2,1-4H3/t17-,23?,26?/m0/s1. The zero-order valence-electron chi connectivity index (χ0n) is 19.9. The van der Waals surface area contributed by atoms with Crippen molar-refractivity contribution in [2.24, 2.45) is 0 Å². The van der Waals surface area contributed by atoms with E-state index in [-0.39, 0.29) is 31.2 Å². The Morgan fingerprint density at radius 2 is 1.76 bits per heavy atom. The Kier molecular flexibility index (Phi) is 8.16. The summed E-state index contributed by atoms with van der Waals surface area (Å²) in [5.74, 6) is -0.668. The Labute approximate surface area is 208 Å². The normalized spacial score (nSPS) is 18.0. The molecule has 8 heteroatoms. The number of amides is 1. The van der Waals surface area contributed by atoms with E-state index in [1.165, 1.54) is 24.3 Å². The van der Waals surface area contributed by atoms with Crippen molar-refractivity contribution in [2.75, 3.05) is 13.2 Å². The van der Waals surface area contributed by atoms with Crippen LogP contribution >= 0.6 is 15.9 Å². The number of ether oxygens (including phenoxy) is 2. The molecule has 0 spiro atoms. The lowest BCUT2D eigenvalue weighted by Gasteiger charge is -2.35. The Bertz CT molecular complexity index is 1000. The summed E-state index contributed by atoms with van der Waals surface area (Å²) in [6.45, 7) is 7.69. The summed E-state index contributed by atoms with van der Waals surface area (Å²) < 4.78 is 25.2. The molecule has 1 N–H and O–H groups in total. The second-order valence-electron chi connectivity index (χ2n) is 9.65. The van der Waals surface area contributed by atoms with E-state index in [1.54, 1.807) is 25.7 Å². The van der Waals surface area contributed by atoms with E-state index in [1.807, 2.05) is 31.2 Å². The molecule has 1 fully saturated rings. The molecule has 2 aromatic carbocycles. The van der Waals surface area contributed by atoms with Gasteiger partial charge >= 0.3 is 6.09 Å². The van der Waals surface area contributed by atoms with E-state index < -0.39 is 29.2 Å². The lowest BCUT2D eigenvalue weighted by Crippen LogP contribution is -2.42. The van der Waals surface area contributed by atoms with Gasteiger partial charge in [-0.2, -0.15) is 0 Å². The molecular weight excluding hydrogens is 505 g/mol. The number of rotatable bonds is 9. The molecule has 1 amide bonds. The average Bonchev–Trinajstić information content (AvgIpc) is 3.59. The molecule has 0 bridgehead atoms. The van der Waals surface area contributed by atoms with Crippen molar-refractivity contribution in [3.63, 3.8) is 0 Å². The first-order chi connectivity index (χ1) is 15.9. The molecule has 3 rings (SSSR count). The van der Waals surface area contributed by atoms with Crippen LogP contribution in [-0.2, 0) is 19.9 Å². The van der Waals surface area contributed by atoms with Crippen molar-refractivity contribution < 1.29 is 28.6 Å². The van der Waals surface area contributed by atoms with E-state index in [0.29, 0.717) is 12.2 Å². The van der Waals surface area contributed by atoms with Crippen molar-refractivity contribution in [1.82, 2.24) is 4.90 Å². The monoisotopic (exact) mass is 535 g/mol. The highest BCUT2D eigenvalue weighted by Gasteiger charge is 2.40. The third-order valence-corrected chi connectivity index (χ3v) is 6.28. The molecule has 1 aliphatic heterocycles. The summed E-state index contributed by atoms with van der Waals surface area (Å²) in [5.41, 5.74) is -1.01. The summed E-state index contributed by atoms with van der Waals surface area (Å²) in [6, 6.07) is 12.7. The van der Waals surface area contributed by atoms with Gasteiger partial charge in [0.2, 0.25) is 0 Å². The first-order valence-electron chi connectivity index (χ1n) is 11.3. The van der Waals surface area contributed by atoms with Gasteiger partial charge in [0.15, 0.2) is 5.78 Å². The zero-order chi connectivity index (χ0) is 25.1. The minimum atomic E-state index is -1.60. The molecule has 0 radical (unpaired) electrons. The molecular formula is C26H31BrFNO5. The molecule has 3 atom stereocenters. The fraction of sp³-hybridized carbons (Fsp3) is 0.462. The zero-order valence-corrected chi connectivity index (χ0v) is 21.5. The largest absolute Gasteiger partial charge is 0.444 e. The van der Waals surface area contributed by atoms with Crippen LogP contribution in [0.3, 0.4) is 0 Å². The summed E-state index contributed by atoms with van der Waals surface area (Å²) in [7, 11) is 0. The average molecular weight is 536 g/mol. The summed E-state index contributed by atoms with van der Waals surface area (Å²) >= 11 is 3.42. The molecule has 184 valence electrons. The molecule has 34 heavy (non-hydrogen) atoms. The van der Waals surface area contributed by atoms with Gasteiger partial charge in [-0.05, 0) is 69.5 Å². The smallest absolute Gasteiger partial charge is 0.410 e. The van der Waals surface area contributed by atoms with Crippen molar-refractivity contribution in [2.45, 2.75) is 63.9 Å². The van der Waals surface area contributed by atoms with E-state index in [2.05, 4.69) is 15.9 Å². The Morgan fingerprint density at radius 1 is 1.18 bits per heavy atom. The molecule has 1 heterocycles. The number of halogens is 2. The van der Waals surface area contributed by atoms with Crippen LogP contribution < -0.4 is 0 Å². The van der Waals surface area contributed by atoms with Gasteiger partial charge < -0.3 is 19.5 Å². The van der Waals surface area contributed by atoms with Crippen LogP contribution in [-0.4, -0.2) is 46.7 Å². The maximum Gasteiger partial charge on any atom is 0.410 e. The molecule has 2 aromatic rings. The van der Waals surface area contributed by atoms with Crippen LogP contribution in [0, 0.1) is 5.82 Å². The molecule has 0 aromatic heterocycles. The highest BCUT2D eigenvalue weighted by atomic mass is 79.9. The Hall–Kier alpha value is -2.29. The van der Waals surface area contributed by atoms with Crippen LogP contribution in [0.15, 0.2) is 53.0 Å². The molecule has 2 unspecified atom stereocenters. The summed E-state index contributed by atoms with van der Waals surface area (Å²) in [4.78, 5) is 27.2. The van der Waals surface area contributed by atoms with Crippen LogP contribution in [0.2, 0.25) is 0 Å². The van der Waals surface area contributed by atoms with Crippen molar-refractivity contribution in [1.29, 1.82) is 0 Å². The number of ketones is 1. The molecule has 1 saturated heterocycles. The maximum atomic E-state index is 13.5. The third-order valence-electron chi connectivity index (χ3n) is 5.75. The number of aliphatic hydroxyl groups is 1. The SMILES string of the molecule is C[C@@H](c1ccc(Br)cc1)N(CCC(O)(CC(=O)C1CO1)c1ccc(F)cc1)C(=O)OC(C)(C)C. The fourth-order valence-corrected chi connectivity index (χ4v) is 3.99. The van der Waals surface area contributed by atoms with Crippen LogP contribution in [0.1, 0.15) is 57.7 Å². The van der Waals surface area contributed by atoms with Crippen LogP contribution in [0.4, 0.5) is 9.18 Å². The number of Topliss-reactive ketones (excluding diaryl/α,β-unsaturated/α-hetero) is 1. The van der Waals surface area contributed by atoms with Crippen LogP contribution in [0.25, 0.3) is 0 Å². The number of hydrogen-bond acceptors (Lipinski definition) is 5. The molecule has 0 aliphatic carbocycles. The Morgan fingerprint density at radius 3 is 2.29 bits per heavy atom. The highest BCUT2D eigenvalue weighted by Crippen LogP contribution is 2.34. The van der Waals surface area contributed by atoms with Gasteiger partial charge in [-0.3, -0.25) is 4.79 Å².